The number of amides is 1. The van der Waals surface area contributed by atoms with E-state index in [1.54, 1.807) is 28.5 Å². The summed E-state index contributed by atoms with van der Waals surface area (Å²) >= 11 is 7.95. The lowest BCUT2D eigenvalue weighted by Crippen LogP contribution is -2.55. The molecule has 12 rings (SSSR count). The third-order valence-electron chi connectivity index (χ3n) is 17.9. The number of aryl methyl sites for hydroxylation is 1. The van der Waals surface area contributed by atoms with Gasteiger partial charge in [0.1, 0.15) is 59.5 Å². The number of halogens is 4. The van der Waals surface area contributed by atoms with Crippen LogP contribution in [0.4, 0.5) is 24.0 Å². The van der Waals surface area contributed by atoms with Crippen LogP contribution in [0, 0.1) is 23.0 Å². The zero-order valence-electron chi connectivity index (χ0n) is 47.4. The first kappa shape index (κ1) is 57.1. The number of hydrogen-bond donors (Lipinski definition) is 2. The fourth-order valence-electron chi connectivity index (χ4n) is 13.5. The van der Waals surface area contributed by atoms with Crippen molar-refractivity contribution < 1.29 is 42.1 Å². The molecule has 5 atom stereocenters. The maximum atomic E-state index is 17.7. The van der Waals surface area contributed by atoms with Crippen LogP contribution < -0.4 is 25.7 Å². The normalized spacial score (nSPS) is 21.4. The van der Waals surface area contributed by atoms with Crippen molar-refractivity contribution in [2.45, 2.75) is 115 Å². The lowest BCUT2D eigenvalue weighted by molar-refractivity contribution is -0.172. The van der Waals surface area contributed by atoms with E-state index in [4.69, 9.17) is 41.5 Å². The standard InChI is InChI=1S/C62H64ClF3N10O7S/c1-7-36-38-22-35(13-16-46(38)69-52-41(36)29-76-47(52)24-43-42(58(76)78)30-81-59(79)62(43,80)8-2)83-48(12-9-10-18-72(5)6)33(4)57(77)73-20-21-75(32(3)27-73)56-39-23-44(63)50(37-14-15-45(65)54-49(37)40(26-67)55(68)84-54)51(66)53(39)70-60(71-56)82-31-61-17-11-19-74(61)28-34(64)25-61/h13-16,22-24,32,34,48,80H,4,7-12,17-21,25,27-31,68H2,1-3,5-6H3/t32-,34+,48?,61-,62-/m0/s1. The number of alkyl halides is 1. The molecule has 0 spiro atoms. The molecule has 3 N–H and O–H groups in total. The number of rotatable bonds is 16. The molecule has 438 valence electrons. The number of esters is 1. The summed E-state index contributed by atoms with van der Waals surface area (Å²) in [5.74, 6) is -1.76. The highest BCUT2D eigenvalue weighted by Gasteiger charge is 2.50. The van der Waals surface area contributed by atoms with Crippen molar-refractivity contribution in [2.24, 2.45) is 0 Å². The number of benzene rings is 3. The predicted octanol–water partition coefficient (Wildman–Crippen LogP) is 9.58. The fraction of sp³-hybridized carbons (Fsp3) is 0.435. The first-order chi connectivity index (χ1) is 40.3. The van der Waals surface area contributed by atoms with Crippen LogP contribution in [0.2, 0.25) is 5.02 Å². The number of pyridine rings is 2. The molecule has 1 unspecified atom stereocenters. The third kappa shape index (κ3) is 9.48. The minimum absolute atomic E-state index is 0.000786. The van der Waals surface area contributed by atoms with E-state index in [0.717, 1.165) is 60.2 Å². The Bertz CT molecular complexity index is 4020. The van der Waals surface area contributed by atoms with E-state index in [1.165, 1.54) is 12.1 Å². The number of aromatic nitrogens is 4. The number of carbonyl (C=O) groups excluding carboxylic acids is 2. The monoisotopic (exact) mass is 1180 g/mol. The number of nitrogens with zero attached hydrogens (tertiary/aromatic N) is 9. The Labute approximate surface area is 492 Å². The van der Waals surface area contributed by atoms with Gasteiger partial charge in [-0.1, -0.05) is 38.1 Å². The summed E-state index contributed by atoms with van der Waals surface area (Å²) in [5, 5.41) is 22.8. The van der Waals surface area contributed by atoms with E-state index >= 15 is 8.78 Å². The van der Waals surface area contributed by atoms with Crippen LogP contribution in [-0.2, 0) is 39.5 Å². The number of nitriles is 1. The summed E-state index contributed by atoms with van der Waals surface area (Å²) in [7, 11) is 4.01. The summed E-state index contributed by atoms with van der Waals surface area (Å²) in [5.41, 5.74) is 7.56. The SMILES string of the molecule is C=C(C(=O)N1CCN(c2nc(OC[C@@]34CCCN3C[C@H](F)C4)nc3c(F)c(-c4ccc(F)c5sc(N)c(C#N)c45)c(Cl)cc23)[C@@H](C)C1)C(CCCCN(C)C)Oc1ccc2nc3c(c(CC)c2c1)Cn1c-3cc2c(c1=O)COC(=O)[C@]2(O)CC. The zero-order valence-corrected chi connectivity index (χ0v) is 49.0. The molecule has 5 aliphatic rings. The molecule has 4 aromatic heterocycles. The van der Waals surface area contributed by atoms with E-state index in [0.29, 0.717) is 54.3 Å². The van der Waals surface area contributed by atoms with Gasteiger partial charge in [-0.15, -0.1) is 11.3 Å². The van der Waals surface area contributed by atoms with Crippen LogP contribution in [0.15, 0.2) is 59.4 Å². The first-order valence-corrected chi connectivity index (χ1v) is 29.8. The average molecular weight is 1190 g/mol. The lowest BCUT2D eigenvalue weighted by atomic mass is 9.86. The molecule has 7 aromatic rings. The van der Waals surface area contributed by atoms with Crippen LogP contribution in [0.25, 0.3) is 54.4 Å². The molecule has 3 saturated heterocycles. The van der Waals surface area contributed by atoms with Gasteiger partial charge in [0.2, 0.25) is 0 Å². The Hall–Kier alpha value is -7.35. The molecule has 0 bridgehead atoms. The number of nitrogens with two attached hydrogens (primary N) is 1. The van der Waals surface area contributed by atoms with Crippen molar-refractivity contribution in [3.63, 3.8) is 0 Å². The largest absolute Gasteiger partial charge is 0.486 e. The molecule has 22 heteroatoms. The van der Waals surface area contributed by atoms with Crippen molar-refractivity contribution in [3.05, 3.63) is 109 Å². The van der Waals surface area contributed by atoms with Gasteiger partial charge in [0.05, 0.1) is 55.4 Å². The van der Waals surface area contributed by atoms with Crippen LogP contribution in [0.3, 0.4) is 0 Å². The topological polar surface area (TPSA) is 206 Å². The Balaban J connectivity index is 0.839. The third-order valence-corrected chi connectivity index (χ3v) is 19.2. The minimum Gasteiger partial charge on any atom is -0.486 e. The van der Waals surface area contributed by atoms with Crippen molar-refractivity contribution in [2.75, 3.05) is 70.6 Å². The summed E-state index contributed by atoms with van der Waals surface area (Å²) in [6.45, 7) is 12.6. The average Bonchev–Trinajstić information content (AvgIpc) is 1.58. The summed E-state index contributed by atoms with van der Waals surface area (Å²) < 4.78 is 68.1. The maximum absolute atomic E-state index is 17.7. The van der Waals surface area contributed by atoms with Gasteiger partial charge in [0.25, 0.3) is 11.5 Å². The molecule has 3 aromatic carbocycles. The van der Waals surface area contributed by atoms with Gasteiger partial charge in [-0.05, 0) is 127 Å². The minimum atomic E-state index is -1.95. The number of anilines is 2. The van der Waals surface area contributed by atoms with Crippen molar-refractivity contribution in [1.82, 2.24) is 34.2 Å². The Morgan fingerprint density at radius 2 is 1.88 bits per heavy atom. The molecule has 3 fully saturated rings. The predicted molar refractivity (Wildman–Crippen MR) is 316 cm³/mol. The molecule has 17 nitrogen and oxygen atoms in total. The van der Waals surface area contributed by atoms with E-state index in [9.17, 15) is 29.1 Å². The Morgan fingerprint density at radius 3 is 2.63 bits per heavy atom. The maximum Gasteiger partial charge on any atom is 0.343 e. The van der Waals surface area contributed by atoms with Gasteiger partial charge >= 0.3 is 12.0 Å². The number of aliphatic hydroxyl groups is 1. The number of ether oxygens (including phenoxy) is 3. The number of piperazine rings is 1. The van der Waals surface area contributed by atoms with Crippen molar-refractivity contribution >= 4 is 77.5 Å². The molecule has 5 aliphatic heterocycles. The molecule has 0 aliphatic carbocycles. The Kier molecular flexibility index (Phi) is 14.9. The van der Waals surface area contributed by atoms with E-state index in [2.05, 4.69) is 21.4 Å². The molecule has 1 amide bonds. The molecular weight excluding hydrogens is 1120 g/mol. The van der Waals surface area contributed by atoms with Gasteiger partial charge in [-0.25, -0.2) is 22.9 Å². The van der Waals surface area contributed by atoms with E-state index in [1.807, 2.05) is 57.1 Å². The second kappa shape index (κ2) is 21.9. The van der Waals surface area contributed by atoms with Gasteiger partial charge < -0.3 is 44.3 Å². The van der Waals surface area contributed by atoms with Crippen molar-refractivity contribution in [1.29, 1.82) is 5.26 Å². The quantitative estimate of drug-likeness (QED) is 0.0525. The van der Waals surface area contributed by atoms with E-state index < -0.39 is 47.1 Å². The number of cyclic esters (lactones) is 1. The molecule has 0 radical (unpaired) electrons. The van der Waals surface area contributed by atoms with Gasteiger partial charge in [-0.3, -0.25) is 14.5 Å². The van der Waals surface area contributed by atoms with Crippen LogP contribution in [-0.4, -0.2) is 135 Å². The highest BCUT2D eigenvalue weighted by atomic mass is 35.5. The van der Waals surface area contributed by atoms with Crippen molar-refractivity contribution in [3.8, 4) is 40.3 Å². The number of thiophene rings is 1. The second-order valence-corrected chi connectivity index (χ2v) is 24.6. The summed E-state index contributed by atoms with van der Waals surface area (Å²) in [4.78, 5) is 64.3. The van der Waals surface area contributed by atoms with Gasteiger partial charge in [0.15, 0.2) is 11.4 Å². The number of nitrogen functional groups attached to an aromatic ring is 1. The van der Waals surface area contributed by atoms with Crippen LogP contribution >= 0.6 is 22.9 Å². The summed E-state index contributed by atoms with van der Waals surface area (Å²) in [6, 6.07) is 12.9. The van der Waals surface area contributed by atoms with Gasteiger partial charge in [0, 0.05) is 71.5 Å². The molecular formula is C62H64ClF3N10O7S. The lowest BCUT2D eigenvalue weighted by Gasteiger charge is -2.41. The Morgan fingerprint density at radius 1 is 1.07 bits per heavy atom. The number of fused-ring (bicyclic) bond motifs is 8. The van der Waals surface area contributed by atoms with Crippen LogP contribution in [0.5, 0.6) is 11.8 Å². The van der Waals surface area contributed by atoms with E-state index in [-0.39, 0.29) is 134 Å². The highest BCUT2D eigenvalue weighted by molar-refractivity contribution is 7.23. The fourth-order valence-corrected chi connectivity index (χ4v) is 14.7. The number of carbonyl (C=O) groups is 2. The molecule has 84 heavy (non-hydrogen) atoms. The van der Waals surface area contributed by atoms with Crippen LogP contribution in [0.1, 0.15) is 93.5 Å². The zero-order chi connectivity index (χ0) is 59.3. The first-order valence-electron chi connectivity index (χ1n) is 28.6. The summed E-state index contributed by atoms with van der Waals surface area (Å²) in [6.07, 6.45) is 2.82. The second-order valence-electron chi connectivity index (χ2n) is 23.2. The number of unbranched alkanes of at least 4 members (excludes halogenated alkanes) is 1. The highest BCUT2D eigenvalue weighted by Crippen LogP contribution is 2.48. The molecule has 0 saturated carbocycles. The molecule has 9 heterocycles. The van der Waals surface area contributed by atoms with Gasteiger partial charge in [-0.2, -0.15) is 15.2 Å². The number of hydrogen-bond acceptors (Lipinski definition) is 16. The smallest absolute Gasteiger partial charge is 0.343 e.